The second-order valence-electron chi connectivity index (χ2n) is 7.10. The van der Waals surface area contributed by atoms with Gasteiger partial charge in [0.2, 0.25) is 0 Å². The number of benzene rings is 3. The van der Waals surface area contributed by atoms with Crippen LogP contribution in [0.1, 0.15) is 21.5 Å². The van der Waals surface area contributed by atoms with Crippen molar-refractivity contribution in [3.05, 3.63) is 99.9 Å². The minimum atomic E-state index is -0.506. The number of carbonyl (C=O) groups excluding carboxylic acids is 1. The average Bonchev–Trinajstić information content (AvgIpc) is 3.27. The molecule has 0 unspecified atom stereocenters. The van der Waals surface area contributed by atoms with Crippen LogP contribution in [0.15, 0.2) is 73.1 Å². The topological polar surface area (TPSA) is 107 Å². The van der Waals surface area contributed by atoms with E-state index in [1.165, 1.54) is 30.3 Å². The maximum Gasteiger partial charge on any atom is 0.307 e. The molecule has 1 heterocycles. The molecule has 3 aromatic carbocycles. The van der Waals surface area contributed by atoms with E-state index in [1.807, 2.05) is 18.2 Å². The van der Waals surface area contributed by atoms with Gasteiger partial charge in [-0.05, 0) is 35.2 Å². The van der Waals surface area contributed by atoms with E-state index in [9.17, 15) is 20.0 Å². The second kappa shape index (κ2) is 8.73. The molecule has 0 spiro atoms. The highest BCUT2D eigenvalue weighted by Crippen LogP contribution is 2.29. The molecule has 8 nitrogen and oxygen atoms in total. The number of phenols is 1. The Hall–Kier alpha value is -4.46. The van der Waals surface area contributed by atoms with Crippen molar-refractivity contribution in [2.24, 2.45) is 0 Å². The van der Waals surface area contributed by atoms with Crippen molar-refractivity contribution in [3.63, 3.8) is 0 Å². The molecule has 0 aliphatic heterocycles. The first-order valence-electron chi connectivity index (χ1n) is 9.73. The van der Waals surface area contributed by atoms with Crippen LogP contribution in [-0.4, -0.2) is 32.7 Å². The van der Waals surface area contributed by atoms with Crippen molar-refractivity contribution in [1.29, 1.82) is 0 Å². The largest absolute Gasteiger partial charge is 0.507 e. The van der Waals surface area contributed by atoms with Gasteiger partial charge < -0.3 is 9.84 Å². The summed E-state index contributed by atoms with van der Waals surface area (Å²) in [5.41, 5.74) is 1.60. The van der Waals surface area contributed by atoms with E-state index >= 15 is 0 Å². The number of fused-ring (bicyclic) bond motifs is 1. The number of ketones is 1. The summed E-state index contributed by atoms with van der Waals surface area (Å²) in [4.78, 5) is 23.1. The highest BCUT2D eigenvalue weighted by Gasteiger charge is 2.13. The Labute approximate surface area is 183 Å². The molecule has 4 rings (SSSR count). The van der Waals surface area contributed by atoms with Gasteiger partial charge in [-0.3, -0.25) is 19.6 Å². The summed E-state index contributed by atoms with van der Waals surface area (Å²) in [6.07, 6.45) is 5.57. The highest BCUT2D eigenvalue weighted by atomic mass is 16.6. The molecule has 0 fully saturated rings. The molecule has 0 saturated heterocycles. The maximum absolute atomic E-state index is 12.7. The van der Waals surface area contributed by atoms with Crippen molar-refractivity contribution in [3.8, 4) is 11.5 Å². The van der Waals surface area contributed by atoms with Crippen LogP contribution in [0.3, 0.4) is 0 Å². The molecular formula is C24H19N3O5. The standard InChI is InChI=1S/C24H19N3O5/c1-32-23-11-7-16(12-18(23)14-26-15-19(13-25-26)27(30)31)6-10-22(28)21-9-8-17-4-2-3-5-20(17)24(21)29/h2-13,15,29H,14H2,1H3. The average molecular weight is 429 g/mol. The maximum atomic E-state index is 12.7. The SMILES string of the molecule is COc1ccc(C=CC(=O)c2ccc3ccccc3c2O)cc1Cn1cc([N+](=O)[O-])cn1. The van der Waals surface area contributed by atoms with E-state index in [4.69, 9.17) is 4.74 Å². The Morgan fingerprint density at radius 1 is 1.22 bits per heavy atom. The third-order valence-electron chi connectivity index (χ3n) is 5.06. The molecule has 0 aliphatic carbocycles. The lowest BCUT2D eigenvalue weighted by Gasteiger charge is -2.09. The lowest BCUT2D eigenvalue weighted by Crippen LogP contribution is -2.02. The number of phenolic OH excluding ortho intramolecular Hbond substituents is 1. The molecule has 0 saturated carbocycles. The van der Waals surface area contributed by atoms with Crippen molar-refractivity contribution in [1.82, 2.24) is 9.78 Å². The number of nitrogens with zero attached hydrogens (tertiary/aromatic N) is 3. The third kappa shape index (κ3) is 4.20. The number of hydrogen-bond donors (Lipinski definition) is 1. The quantitative estimate of drug-likeness (QED) is 0.199. The first kappa shape index (κ1) is 20.8. The Kier molecular flexibility index (Phi) is 5.67. The smallest absolute Gasteiger partial charge is 0.307 e. The molecule has 0 aliphatic rings. The Balaban J connectivity index is 1.58. The number of hydrogen-bond acceptors (Lipinski definition) is 6. The monoisotopic (exact) mass is 429 g/mol. The Morgan fingerprint density at radius 3 is 2.78 bits per heavy atom. The summed E-state index contributed by atoms with van der Waals surface area (Å²) in [5.74, 6) is 0.223. The summed E-state index contributed by atoms with van der Waals surface area (Å²) in [6, 6.07) is 16.1. The van der Waals surface area contributed by atoms with Crippen LogP contribution in [0.25, 0.3) is 16.8 Å². The zero-order valence-corrected chi connectivity index (χ0v) is 17.1. The minimum absolute atomic E-state index is 0.0477. The van der Waals surface area contributed by atoms with Crippen molar-refractivity contribution in [2.75, 3.05) is 7.11 Å². The molecule has 0 bridgehead atoms. The number of ether oxygens (including phenoxy) is 1. The number of carbonyl (C=O) groups is 1. The molecule has 4 aromatic rings. The fourth-order valence-corrected chi connectivity index (χ4v) is 3.45. The van der Waals surface area contributed by atoms with Crippen LogP contribution < -0.4 is 4.74 Å². The zero-order valence-electron chi connectivity index (χ0n) is 17.1. The van der Waals surface area contributed by atoms with Gasteiger partial charge in [0.05, 0.1) is 24.1 Å². The summed E-state index contributed by atoms with van der Waals surface area (Å²) in [6.45, 7) is 0.262. The summed E-state index contributed by atoms with van der Waals surface area (Å²) in [5, 5.41) is 26.9. The van der Waals surface area contributed by atoms with Crippen LogP contribution in [0, 0.1) is 10.1 Å². The molecule has 0 radical (unpaired) electrons. The molecule has 160 valence electrons. The second-order valence-corrected chi connectivity index (χ2v) is 7.10. The fraction of sp³-hybridized carbons (Fsp3) is 0.0833. The van der Waals surface area contributed by atoms with Crippen LogP contribution in [0.5, 0.6) is 11.5 Å². The number of allylic oxidation sites excluding steroid dienone is 1. The van der Waals surface area contributed by atoms with Crippen molar-refractivity contribution < 1.29 is 19.6 Å². The van der Waals surface area contributed by atoms with Gasteiger partial charge in [0, 0.05) is 10.9 Å². The van der Waals surface area contributed by atoms with Crippen LogP contribution in [0.2, 0.25) is 0 Å². The summed E-state index contributed by atoms with van der Waals surface area (Å²) >= 11 is 0. The number of rotatable bonds is 7. The van der Waals surface area contributed by atoms with Crippen molar-refractivity contribution in [2.45, 2.75) is 6.54 Å². The fourth-order valence-electron chi connectivity index (χ4n) is 3.45. The molecule has 8 heteroatoms. The van der Waals surface area contributed by atoms with Gasteiger partial charge in [-0.2, -0.15) is 5.10 Å². The number of methoxy groups -OCH3 is 1. The van der Waals surface area contributed by atoms with E-state index in [0.29, 0.717) is 11.1 Å². The van der Waals surface area contributed by atoms with Crippen LogP contribution in [0.4, 0.5) is 5.69 Å². The Bertz CT molecular complexity index is 1360. The van der Waals surface area contributed by atoms with E-state index in [-0.39, 0.29) is 29.3 Å². The summed E-state index contributed by atoms with van der Waals surface area (Å²) < 4.78 is 6.83. The van der Waals surface area contributed by atoms with E-state index in [1.54, 1.807) is 42.5 Å². The van der Waals surface area contributed by atoms with Gasteiger partial charge >= 0.3 is 5.69 Å². The number of aromatic nitrogens is 2. The first-order chi connectivity index (χ1) is 15.5. The van der Waals surface area contributed by atoms with Crippen LogP contribution in [-0.2, 0) is 6.54 Å². The van der Waals surface area contributed by atoms with Crippen molar-refractivity contribution >= 4 is 28.3 Å². The molecule has 0 atom stereocenters. The predicted molar refractivity (Wildman–Crippen MR) is 120 cm³/mol. The van der Waals surface area contributed by atoms with Gasteiger partial charge in [-0.1, -0.05) is 42.5 Å². The predicted octanol–water partition coefficient (Wildman–Crippen LogP) is 4.60. The van der Waals surface area contributed by atoms with Gasteiger partial charge in [-0.25, -0.2) is 0 Å². The van der Waals surface area contributed by atoms with Gasteiger partial charge in [0.15, 0.2) is 5.78 Å². The van der Waals surface area contributed by atoms with E-state index in [0.717, 1.165) is 16.5 Å². The molecule has 1 aromatic heterocycles. The van der Waals surface area contributed by atoms with E-state index in [2.05, 4.69) is 5.10 Å². The number of nitro groups is 1. The molecule has 32 heavy (non-hydrogen) atoms. The van der Waals surface area contributed by atoms with Gasteiger partial charge in [-0.15, -0.1) is 0 Å². The molecule has 0 amide bonds. The zero-order chi connectivity index (χ0) is 22.7. The van der Waals surface area contributed by atoms with Gasteiger partial charge in [0.1, 0.15) is 23.9 Å². The normalized spacial score (nSPS) is 11.2. The first-order valence-corrected chi connectivity index (χ1v) is 9.73. The lowest BCUT2D eigenvalue weighted by molar-refractivity contribution is -0.385. The third-order valence-corrected chi connectivity index (χ3v) is 5.06. The Morgan fingerprint density at radius 2 is 2.03 bits per heavy atom. The van der Waals surface area contributed by atoms with E-state index < -0.39 is 4.92 Å². The van der Waals surface area contributed by atoms with Crippen LogP contribution >= 0.6 is 0 Å². The van der Waals surface area contributed by atoms with Gasteiger partial charge in [0.25, 0.3) is 0 Å². The number of aromatic hydroxyl groups is 1. The highest BCUT2D eigenvalue weighted by molar-refractivity contribution is 6.11. The molecular weight excluding hydrogens is 410 g/mol. The summed E-state index contributed by atoms with van der Waals surface area (Å²) in [7, 11) is 1.53. The molecule has 1 N–H and O–H groups in total. The lowest BCUT2D eigenvalue weighted by atomic mass is 10.0. The minimum Gasteiger partial charge on any atom is -0.507 e.